The van der Waals surface area contributed by atoms with E-state index in [4.69, 9.17) is 5.73 Å². The molecule has 0 radical (unpaired) electrons. The fraction of sp³-hybridized carbons (Fsp3) is 0.533. The van der Waals surface area contributed by atoms with E-state index in [0.717, 1.165) is 36.9 Å². The fourth-order valence-electron chi connectivity index (χ4n) is 3.33. The third kappa shape index (κ3) is 1.86. The third-order valence-corrected chi connectivity index (χ3v) is 4.71. The van der Waals surface area contributed by atoms with Gasteiger partial charge in [0.25, 0.3) is 0 Å². The summed E-state index contributed by atoms with van der Waals surface area (Å²) in [5.41, 5.74) is 7.39. The molecular formula is C15H19FN2O. The fourth-order valence-corrected chi connectivity index (χ4v) is 3.33. The molecule has 1 aliphatic carbocycles. The Morgan fingerprint density at radius 2 is 2.32 bits per heavy atom. The van der Waals surface area contributed by atoms with Crippen LogP contribution < -0.4 is 10.6 Å². The lowest BCUT2D eigenvalue weighted by Crippen LogP contribution is -2.49. The molecule has 1 aromatic carbocycles. The van der Waals surface area contributed by atoms with Gasteiger partial charge in [-0.05, 0) is 43.9 Å². The summed E-state index contributed by atoms with van der Waals surface area (Å²) >= 11 is 0. The number of rotatable bonds is 1. The lowest BCUT2D eigenvalue weighted by molar-refractivity contribution is -0.127. The van der Waals surface area contributed by atoms with E-state index in [1.165, 1.54) is 12.1 Å². The molecule has 2 unspecified atom stereocenters. The van der Waals surface area contributed by atoms with Crippen LogP contribution in [-0.2, 0) is 11.2 Å². The number of nitrogens with two attached hydrogens (primary N) is 1. The summed E-state index contributed by atoms with van der Waals surface area (Å²) in [6.45, 7) is 2.59. The maximum atomic E-state index is 13.4. The molecule has 0 aromatic heterocycles. The highest BCUT2D eigenvalue weighted by Crippen LogP contribution is 2.41. The number of amides is 1. The van der Waals surface area contributed by atoms with Crippen LogP contribution >= 0.6 is 0 Å². The first-order chi connectivity index (χ1) is 9.02. The number of fused-ring (bicyclic) bond motifs is 1. The second kappa shape index (κ2) is 4.30. The van der Waals surface area contributed by atoms with E-state index in [1.807, 2.05) is 6.92 Å². The zero-order valence-electron chi connectivity index (χ0n) is 11.2. The second-order valence-corrected chi connectivity index (χ2v) is 5.90. The predicted octanol–water partition coefficient (Wildman–Crippen LogP) is 2.23. The van der Waals surface area contributed by atoms with E-state index in [2.05, 4.69) is 0 Å². The molecule has 0 spiro atoms. The van der Waals surface area contributed by atoms with Crippen LogP contribution in [-0.4, -0.2) is 18.5 Å². The standard InChI is InChI=1S/C15H19FN2O/c1-15(7-2-3-13(15)17)14(19)18-8-6-10-4-5-11(16)9-12(10)18/h4-5,9,13H,2-3,6-8,17H2,1H3. The molecule has 3 rings (SSSR count). The van der Waals surface area contributed by atoms with Gasteiger partial charge in [-0.25, -0.2) is 4.39 Å². The highest BCUT2D eigenvalue weighted by molar-refractivity contribution is 5.99. The number of nitrogens with zero attached hydrogens (tertiary/aromatic N) is 1. The van der Waals surface area contributed by atoms with Gasteiger partial charge in [0.15, 0.2) is 0 Å². The lowest BCUT2D eigenvalue weighted by atomic mass is 9.83. The molecule has 0 saturated heterocycles. The first-order valence-corrected chi connectivity index (χ1v) is 6.88. The Morgan fingerprint density at radius 1 is 1.53 bits per heavy atom. The van der Waals surface area contributed by atoms with Crippen LogP contribution in [0.1, 0.15) is 31.7 Å². The van der Waals surface area contributed by atoms with Gasteiger partial charge < -0.3 is 10.6 Å². The summed E-state index contributed by atoms with van der Waals surface area (Å²) in [5, 5.41) is 0. The molecule has 2 N–H and O–H groups in total. The minimum atomic E-state index is -0.492. The van der Waals surface area contributed by atoms with Gasteiger partial charge in [-0.2, -0.15) is 0 Å². The number of hydrogen-bond acceptors (Lipinski definition) is 2. The molecule has 2 atom stereocenters. The van der Waals surface area contributed by atoms with Gasteiger partial charge in [0.1, 0.15) is 5.82 Å². The topological polar surface area (TPSA) is 46.3 Å². The molecule has 4 heteroatoms. The Hall–Kier alpha value is -1.42. The first-order valence-electron chi connectivity index (χ1n) is 6.88. The molecule has 1 fully saturated rings. The van der Waals surface area contributed by atoms with Crippen molar-refractivity contribution < 1.29 is 9.18 Å². The Bertz CT molecular complexity index is 531. The van der Waals surface area contributed by atoms with Crippen LogP contribution in [0.5, 0.6) is 0 Å². The highest BCUT2D eigenvalue weighted by atomic mass is 19.1. The van der Waals surface area contributed by atoms with E-state index in [0.29, 0.717) is 6.54 Å². The third-order valence-electron chi connectivity index (χ3n) is 4.71. The normalized spacial score (nSPS) is 29.6. The Labute approximate surface area is 112 Å². The van der Waals surface area contributed by atoms with Crippen molar-refractivity contribution in [1.82, 2.24) is 0 Å². The van der Waals surface area contributed by atoms with Gasteiger partial charge in [0.2, 0.25) is 5.91 Å². The number of benzene rings is 1. The van der Waals surface area contributed by atoms with Crippen molar-refractivity contribution in [3.63, 3.8) is 0 Å². The van der Waals surface area contributed by atoms with Gasteiger partial charge in [-0.1, -0.05) is 12.5 Å². The Balaban J connectivity index is 1.93. The number of carbonyl (C=O) groups is 1. The molecule has 1 aliphatic heterocycles. The van der Waals surface area contributed by atoms with Crippen molar-refractivity contribution >= 4 is 11.6 Å². The van der Waals surface area contributed by atoms with E-state index >= 15 is 0 Å². The van der Waals surface area contributed by atoms with Crippen molar-refractivity contribution in [2.24, 2.45) is 11.1 Å². The zero-order chi connectivity index (χ0) is 13.6. The van der Waals surface area contributed by atoms with Gasteiger partial charge >= 0.3 is 0 Å². The van der Waals surface area contributed by atoms with Crippen molar-refractivity contribution in [2.45, 2.75) is 38.6 Å². The molecule has 102 valence electrons. The van der Waals surface area contributed by atoms with Crippen LogP contribution in [0.4, 0.5) is 10.1 Å². The van der Waals surface area contributed by atoms with Gasteiger partial charge in [0, 0.05) is 18.3 Å². The Kier molecular flexibility index (Phi) is 2.86. The zero-order valence-corrected chi connectivity index (χ0v) is 11.2. The SMILES string of the molecule is CC1(C(=O)N2CCc3ccc(F)cc32)CCCC1N. The first kappa shape index (κ1) is 12.6. The molecule has 1 heterocycles. The molecule has 1 amide bonds. The molecular weight excluding hydrogens is 243 g/mol. The highest BCUT2D eigenvalue weighted by Gasteiger charge is 2.46. The summed E-state index contributed by atoms with van der Waals surface area (Å²) in [5.74, 6) is -0.235. The quantitative estimate of drug-likeness (QED) is 0.843. The summed E-state index contributed by atoms with van der Waals surface area (Å²) in [7, 11) is 0. The average Bonchev–Trinajstić information content (AvgIpc) is 2.94. The van der Waals surface area contributed by atoms with Crippen LogP contribution in [0, 0.1) is 11.2 Å². The second-order valence-electron chi connectivity index (χ2n) is 5.90. The maximum absolute atomic E-state index is 13.4. The van der Waals surface area contributed by atoms with Crippen LogP contribution in [0.3, 0.4) is 0 Å². The molecule has 1 saturated carbocycles. The van der Waals surface area contributed by atoms with Crippen LogP contribution in [0.15, 0.2) is 18.2 Å². The van der Waals surface area contributed by atoms with Crippen molar-refractivity contribution in [3.8, 4) is 0 Å². The van der Waals surface area contributed by atoms with Gasteiger partial charge in [-0.3, -0.25) is 4.79 Å². The number of carbonyl (C=O) groups excluding carboxylic acids is 1. The van der Waals surface area contributed by atoms with E-state index in [-0.39, 0.29) is 17.8 Å². The summed E-state index contributed by atoms with van der Waals surface area (Å²) < 4.78 is 13.4. The Morgan fingerprint density at radius 3 is 3.00 bits per heavy atom. The minimum Gasteiger partial charge on any atom is -0.327 e. The van der Waals surface area contributed by atoms with E-state index < -0.39 is 5.41 Å². The van der Waals surface area contributed by atoms with Gasteiger partial charge in [0.05, 0.1) is 5.41 Å². The molecule has 1 aromatic rings. The predicted molar refractivity (Wildman–Crippen MR) is 72.4 cm³/mol. The van der Waals surface area contributed by atoms with E-state index in [9.17, 15) is 9.18 Å². The lowest BCUT2D eigenvalue weighted by Gasteiger charge is -2.32. The summed E-state index contributed by atoms with van der Waals surface area (Å²) in [6, 6.07) is 4.60. The summed E-state index contributed by atoms with van der Waals surface area (Å²) in [6.07, 6.45) is 3.51. The van der Waals surface area contributed by atoms with Crippen LogP contribution in [0.2, 0.25) is 0 Å². The molecule has 2 aliphatic rings. The van der Waals surface area contributed by atoms with Gasteiger partial charge in [-0.15, -0.1) is 0 Å². The van der Waals surface area contributed by atoms with Crippen LogP contribution in [0.25, 0.3) is 0 Å². The smallest absolute Gasteiger partial charge is 0.234 e. The van der Waals surface area contributed by atoms with Crippen molar-refractivity contribution in [3.05, 3.63) is 29.6 Å². The van der Waals surface area contributed by atoms with Crippen molar-refractivity contribution in [1.29, 1.82) is 0 Å². The minimum absolute atomic E-state index is 0.0573. The number of halogens is 1. The molecule has 19 heavy (non-hydrogen) atoms. The summed E-state index contributed by atoms with van der Waals surface area (Å²) in [4.78, 5) is 14.5. The van der Waals surface area contributed by atoms with Crippen molar-refractivity contribution in [2.75, 3.05) is 11.4 Å². The largest absolute Gasteiger partial charge is 0.327 e. The average molecular weight is 262 g/mol. The molecule has 0 bridgehead atoms. The molecule has 3 nitrogen and oxygen atoms in total. The monoisotopic (exact) mass is 262 g/mol. The number of anilines is 1. The maximum Gasteiger partial charge on any atom is 0.234 e. The van der Waals surface area contributed by atoms with E-state index in [1.54, 1.807) is 11.0 Å². The number of hydrogen-bond donors (Lipinski definition) is 1.